The highest BCUT2D eigenvalue weighted by Crippen LogP contribution is 2.25. The van der Waals surface area contributed by atoms with Gasteiger partial charge in [-0.15, -0.1) is 35.3 Å². The first-order valence-electron chi connectivity index (χ1n) is 10.0. The molecule has 1 aromatic rings. The maximum Gasteiger partial charge on any atom is 0.401 e. The highest BCUT2D eigenvalue weighted by molar-refractivity contribution is 14.0. The van der Waals surface area contributed by atoms with Gasteiger partial charge in [-0.3, -0.25) is 14.8 Å². The molecule has 0 amide bonds. The number of aliphatic imine (C=N–C) groups is 1. The molecule has 0 aromatic carbocycles. The van der Waals surface area contributed by atoms with Gasteiger partial charge in [0.05, 0.1) is 25.8 Å². The number of nitrogens with zero attached hydrogens (tertiary/aromatic N) is 3. The third-order valence-corrected chi connectivity index (χ3v) is 6.35. The largest absolute Gasteiger partial charge is 0.401 e. The molecular formula is C19H31F3IN5OS. The van der Waals surface area contributed by atoms with E-state index in [4.69, 9.17) is 4.74 Å². The van der Waals surface area contributed by atoms with Gasteiger partial charge in [0.1, 0.15) is 0 Å². The number of nitrogens with one attached hydrogen (secondary N) is 2. The lowest BCUT2D eigenvalue weighted by Crippen LogP contribution is -2.47. The molecule has 0 radical (unpaired) electrons. The smallest absolute Gasteiger partial charge is 0.379 e. The predicted molar refractivity (Wildman–Crippen MR) is 125 cm³/mol. The fourth-order valence-corrected chi connectivity index (χ4v) is 4.77. The lowest BCUT2D eigenvalue weighted by Gasteiger charge is -2.34. The second kappa shape index (κ2) is 12.4. The van der Waals surface area contributed by atoms with Gasteiger partial charge in [0, 0.05) is 44.6 Å². The molecule has 172 valence electrons. The van der Waals surface area contributed by atoms with E-state index in [-0.39, 0.29) is 35.9 Å². The number of halogens is 4. The fraction of sp³-hybridized carbons (Fsp3) is 0.737. The Labute approximate surface area is 197 Å². The van der Waals surface area contributed by atoms with E-state index in [2.05, 4.69) is 38.0 Å². The molecular weight excluding hydrogens is 530 g/mol. The minimum Gasteiger partial charge on any atom is -0.379 e. The first-order valence-corrected chi connectivity index (χ1v) is 10.9. The van der Waals surface area contributed by atoms with E-state index in [9.17, 15) is 13.2 Å². The minimum absolute atomic E-state index is 0. The number of hydrogen-bond donors (Lipinski definition) is 2. The SMILES string of the molecule is CN=C(NCC1CCN(CC(F)(F)F)C1)NCC(c1cccs1)N1CCOCC1.I. The van der Waals surface area contributed by atoms with Crippen molar-refractivity contribution in [2.75, 3.05) is 66.1 Å². The number of ether oxygens (including phenoxy) is 1. The zero-order valence-corrected chi connectivity index (χ0v) is 20.3. The number of thiophene rings is 1. The maximum atomic E-state index is 12.6. The minimum atomic E-state index is -4.13. The Morgan fingerprint density at radius 2 is 2.07 bits per heavy atom. The first kappa shape index (κ1) is 25.6. The summed E-state index contributed by atoms with van der Waals surface area (Å²) in [5.74, 6) is 0.886. The van der Waals surface area contributed by atoms with Gasteiger partial charge in [-0.1, -0.05) is 6.07 Å². The Hall–Kier alpha value is -0.630. The quantitative estimate of drug-likeness (QED) is 0.305. The third-order valence-electron chi connectivity index (χ3n) is 5.38. The number of hydrogen-bond acceptors (Lipinski definition) is 5. The summed E-state index contributed by atoms with van der Waals surface area (Å²) in [6.07, 6.45) is -3.36. The molecule has 2 unspecified atom stereocenters. The van der Waals surface area contributed by atoms with E-state index in [1.165, 1.54) is 9.78 Å². The van der Waals surface area contributed by atoms with E-state index in [1.807, 2.05) is 0 Å². The molecule has 2 saturated heterocycles. The van der Waals surface area contributed by atoms with E-state index in [0.29, 0.717) is 32.1 Å². The number of morpholine rings is 1. The van der Waals surface area contributed by atoms with Crippen LogP contribution in [0.2, 0.25) is 0 Å². The Kier molecular flexibility index (Phi) is 10.6. The Morgan fingerprint density at radius 3 is 2.70 bits per heavy atom. The van der Waals surface area contributed by atoms with Crippen LogP contribution in [0.1, 0.15) is 17.3 Å². The van der Waals surface area contributed by atoms with Gasteiger partial charge in [0.2, 0.25) is 0 Å². The Balaban J connectivity index is 0.00000320. The highest BCUT2D eigenvalue weighted by atomic mass is 127. The standard InChI is InChI=1S/C19H30F3N5OS.HI/c1-23-18(24-11-15-4-5-26(13-15)14-19(20,21)22)25-12-16(17-3-2-10-29-17)27-6-8-28-9-7-27;/h2-3,10,15-16H,4-9,11-14H2,1H3,(H2,23,24,25);1H. The topological polar surface area (TPSA) is 52.1 Å². The molecule has 30 heavy (non-hydrogen) atoms. The number of rotatable bonds is 7. The first-order chi connectivity index (χ1) is 13.9. The van der Waals surface area contributed by atoms with Gasteiger partial charge < -0.3 is 15.4 Å². The van der Waals surface area contributed by atoms with Crippen molar-refractivity contribution in [3.63, 3.8) is 0 Å². The van der Waals surface area contributed by atoms with Crippen molar-refractivity contribution in [2.24, 2.45) is 10.9 Å². The number of alkyl halides is 3. The fourth-order valence-electron chi connectivity index (χ4n) is 3.91. The summed E-state index contributed by atoms with van der Waals surface area (Å²) in [5, 5.41) is 8.77. The molecule has 0 aliphatic carbocycles. The lowest BCUT2D eigenvalue weighted by molar-refractivity contribution is -0.143. The molecule has 0 saturated carbocycles. The van der Waals surface area contributed by atoms with Crippen LogP contribution in [0.15, 0.2) is 22.5 Å². The molecule has 0 spiro atoms. The van der Waals surface area contributed by atoms with Crippen LogP contribution in [-0.2, 0) is 4.74 Å². The summed E-state index contributed by atoms with van der Waals surface area (Å²) in [6.45, 7) is 4.75. The maximum absolute atomic E-state index is 12.6. The molecule has 2 aliphatic rings. The molecule has 0 bridgehead atoms. The number of likely N-dealkylation sites (tertiary alicyclic amines) is 1. The van der Waals surface area contributed by atoms with Gasteiger partial charge in [-0.25, -0.2) is 0 Å². The van der Waals surface area contributed by atoms with Crippen molar-refractivity contribution in [2.45, 2.75) is 18.6 Å². The zero-order valence-electron chi connectivity index (χ0n) is 17.2. The summed E-state index contributed by atoms with van der Waals surface area (Å²) in [5.41, 5.74) is 0. The normalized spacial score (nSPS) is 22.5. The highest BCUT2D eigenvalue weighted by Gasteiger charge is 2.34. The van der Waals surface area contributed by atoms with Crippen molar-refractivity contribution in [3.8, 4) is 0 Å². The average molecular weight is 561 g/mol. The third kappa shape index (κ3) is 8.13. The van der Waals surface area contributed by atoms with E-state index >= 15 is 0 Å². The summed E-state index contributed by atoms with van der Waals surface area (Å²) in [7, 11) is 1.72. The molecule has 2 atom stereocenters. The van der Waals surface area contributed by atoms with Crippen LogP contribution in [-0.4, -0.2) is 88.0 Å². The molecule has 3 rings (SSSR count). The zero-order chi connectivity index (χ0) is 20.7. The molecule has 1 aromatic heterocycles. The van der Waals surface area contributed by atoms with Crippen LogP contribution in [0.5, 0.6) is 0 Å². The Morgan fingerprint density at radius 1 is 1.30 bits per heavy atom. The van der Waals surface area contributed by atoms with Crippen LogP contribution < -0.4 is 10.6 Å². The van der Waals surface area contributed by atoms with Crippen molar-refractivity contribution >= 4 is 41.3 Å². The van der Waals surface area contributed by atoms with Gasteiger partial charge in [0.15, 0.2) is 5.96 Å². The van der Waals surface area contributed by atoms with E-state index in [1.54, 1.807) is 18.4 Å². The molecule has 11 heteroatoms. The summed E-state index contributed by atoms with van der Waals surface area (Å²) in [4.78, 5) is 9.48. The monoisotopic (exact) mass is 561 g/mol. The van der Waals surface area contributed by atoms with Crippen molar-refractivity contribution < 1.29 is 17.9 Å². The van der Waals surface area contributed by atoms with Crippen LogP contribution in [0, 0.1) is 5.92 Å². The van der Waals surface area contributed by atoms with Crippen molar-refractivity contribution in [1.82, 2.24) is 20.4 Å². The van der Waals surface area contributed by atoms with Crippen molar-refractivity contribution in [1.29, 1.82) is 0 Å². The predicted octanol–water partition coefficient (Wildman–Crippen LogP) is 2.79. The molecule has 2 aliphatic heterocycles. The van der Waals surface area contributed by atoms with Crippen molar-refractivity contribution in [3.05, 3.63) is 22.4 Å². The van der Waals surface area contributed by atoms with Crippen LogP contribution >= 0.6 is 35.3 Å². The molecule has 2 fully saturated rings. The second-order valence-electron chi connectivity index (χ2n) is 7.52. The summed E-state index contributed by atoms with van der Waals surface area (Å²) in [6, 6.07) is 4.45. The average Bonchev–Trinajstić information content (AvgIpc) is 3.36. The van der Waals surface area contributed by atoms with E-state index < -0.39 is 12.7 Å². The van der Waals surface area contributed by atoms with Gasteiger partial charge in [0.25, 0.3) is 0 Å². The Bertz CT molecular complexity index is 641. The van der Waals surface area contributed by atoms with Crippen LogP contribution in [0.3, 0.4) is 0 Å². The second-order valence-corrected chi connectivity index (χ2v) is 8.50. The molecule has 6 nitrogen and oxygen atoms in total. The number of guanidine groups is 1. The van der Waals surface area contributed by atoms with Gasteiger partial charge in [-0.2, -0.15) is 13.2 Å². The van der Waals surface area contributed by atoms with Gasteiger partial charge >= 0.3 is 6.18 Å². The van der Waals surface area contributed by atoms with Crippen LogP contribution in [0.25, 0.3) is 0 Å². The summed E-state index contributed by atoms with van der Waals surface area (Å²) >= 11 is 1.74. The van der Waals surface area contributed by atoms with Crippen LogP contribution in [0.4, 0.5) is 13.2 Å². The van der Waals surface area contributed by atoms with E-state index in [0.717, 1.165) is 32.7 Å². The summed E-state index contributed by atoms with van der Waals surface area (Å²) < 4.78 is 43.1. The lowest BCUT2D eigenvalue weighted by atomic mass is 10.1. The molecule has 3 heterocycles. The molecule has 2 N–H and O–H groups in total. The van der Waals surface area contributed by atoms with Gasteiger partial charge in [-0.05, 0) is 30.3 Å².